The normalized spacial score (nSPS) is 10.9. The summed E-state index contributed by atoms with van der Waals surface area (Å²) in [4.78, 5) is 11.7. The minimum Gasteiger partial charge on any atom is -0.354 e. The van der Waals surface area contributed by atoms with Crippen LogP contribution in [0.25, 0.3) is 11.3 Å². The second kappa shape index (κ2) is 10.0. The van der Waals surface area contributed by atoms with E-state index in [1.165, 1.54) is 11.1 Å². The molecule has 152 valence electrons. The van der Waals surface area contributed by atoms with Crippen molar-refractivity contribution in [1.29, 1.82) is 0 Å². The highest BCUT2D eigenvalue weighted by Crippen LogP contribution is 2.27. The van der Waals surface area contributed by atoms with E-state index in [1.54, 1.807) is 0 Å². The molecule has 0 aliphatic heterocycles. The van der Waals surface area contributed by atoms with Crippen molar-refractivity contribution in [3.05, 3.63) is 65.7 Å². The summed E-state index contributed by atoms with van der Waals surface area (Å²) in [5, 5.41) is 6.94. The first kappa shape index (κ1) is 20.8. The molecular weight excluding hydrogens is 358 g/mol. The van der Waals surface area contributed by atoms with Crippen LogP contribution in [0, 0.1) is 6.92 Å². The van der Waals surface area contributed by atoms with Crippen LogP contribution in [0.1, 0.15) is 24.5 Å². The number of aryl methyl sites for hydroxylation is 2. The summed E-state index contributed by atoms with van der Waals surface area (Å²) in [5.41, 5.74) is 5.61. The zero-order valence-corrected chi connectivity index (χ0v) is 17.9. The largest absolute Gasteiger partial charge is 0.354 e. The average Bonchev–Trinajstić information content (AvgIpc) is 2.73. The van der Waals surface area contributed by atoms with E-state index in [2.05, 4.69) is 73.8 Å². The summed E-state index contributed by atoms with van der Waals surface area (Å²) in [6.07, 6.45) is 2.00. The molecule has 0 aliphatic carbocycles. The summed E-state index contributed by atoms with van der Waals surface area (Å²) in [5.74, 6) is 1.46. The van der Waals surface area contributed by atoms with Crippen LogP contribution in [0.4, 0.5) is 17.5 Å². The lowest BCUT2D eigenvalue weighted by Gasteiger charge is -2.16. The third-order valence-corrected chi connectivity index (χ3v) is 4.85. The van der Waals surface area contributed by atoms with Gasteiger partial charge in [0.05, 0.1) is 5.69 Å². The van der Waals surface area contributed by atoms with E-state index in [-0.39, 0.29) is 0 Å². The molecule has 1 aromatic heterocycles. The van der Waals surface area contributed by atoms with Crippen LogP contribution in [0.2, 0.25) is 0 Å². The van der Waals surface area contributed by atoms with Gasteiger partial charge in [0, 0.05) is 23.9 Å². The number of benzene rings is 2. The predicted molar refractivity (Wildman–Crippen MR) is 123 cm³/mol. The standard InChI is InChI=1S/C24H31N5/c1-5-19-14-9-11-18(2)23(19)27-22-17-21(20-12-7-6-8-13-20)26-24(28-22)25-15-10-16-29(3)4/h6-9,11-14,17H,5,10,15-16H2,1-4H3,(H2,25,26,27,28). The van der Waals surface area contributed by atoms with E-state index in [0.29, 0.717) is 5.95 Å². The number of hydrogen-bond donors (Lipinski definition) is 2. The third-order valence-electron chi connectivity index (χ3n) is 4.85. The van der Waals surface area contributed by atoms with Gasteiger partial charge in [-0.05, 0) is 51.5 Å². The van der Waals surface area contributed by atoms with E-state index < -0.39 is 0 Å². The molecule has 0 aliphatic rings. The maximum atomic E-state index is 4.75. The molecule has 3 rings (SSSR count). The van der Waals surface area contributed by atoms with Gasteiger partial charge in [-0.1, -0.05) is 55.5 Å². The molecule has 0 fully saturated rings. The molecule has 0 bridgehead atoms. The summed E-state index contributed by atoms with van der Waals surface area (Å²) >= 11 is 0. The first-order valence-electron chi connectivity index (χ1n) is 10.3. The van der Waals surface area contributed by atoms with Crippen molar-refractivity contribution in [2.45, 2.75) is 26.7 Å². The van der Waals surface area contributed by atoms with E-state index in [1.807, 2.05) is 24.3 Å². The Morgan fingerprint density at radius 2 is 1.76 bits per heavy atom. The number of aromatic nitrogens is 2. The van der Waals surface area contributed by atoms with Gasteiger partial charge in [0.15, 0.2) is 0 Å². The topological polar surface area (TPSA) is 53.1 Å². The Morgan fingerprint density at radius 1 is 0.966 bits per heavy atom. The van der Waals surface area contributed by atoms with Crippen LogP contribution in [0.3, 0.4) is 0 Å². The van der Waals surface area contributed by atoms with E-state index >= 15 is 0 Å². The van der Waals surface area contributed by atoms with Gasteiger partial charge in [0.25, 0.3) is 0 Å². The van der Waals surface area contributed by atoms with Crippen molar-refractivity contribution in [3.8, 4) is 11.3 Å². The smallest absolute Gasteiger partial charge is 0.225 e. The lowest BCUT2D eigenvalue weighted by molar-refractivity contribution is 0.405. The Labute approximate surface area is 174 Å². The molecule has 0 saturated heterocycles. The Morgan fingerprint density at radius 3 is 2.48 bits per heavy atom. The first-order chi connectivity index (χ1) is 14.1. The Balaban J connectivity index is 1.90. The van der Waals surface area contributed by atoms with Gasteiger partial charge in [0.2, 0.25) is 5.95 Å². The highest BCUT2D eigenvalue weighted by molar-refractivity contribution is 5.70. The van der Waals surface area contributed by atoms with Crippen LogP contribution in [0.15, 0.2) is 54.6 Å². The van der Waals surface area contributed by atoms with Crippen LogP contribution < -0.4 is 10.6 Å². The summed E-state index contributed by atoms with van der Waals surface area (Å²) in [7, 11) is 4.17. The molecule has 5 heteroatoms. The number of nitrogens with zero attached hydrogens (tertiary/aromatic N) is 3. The first-order valence-corrected chi connectivity index (χ1v) is 10.3. The monoisotopic (exact) mass is 389 g/mol. The van der Waals surface area contributed by atoms with Crippen LogP contribution >= 0.6 is 0 Å². The van der Waals surface area contributed by atoms with E-state index in [0.717, 1.165) is 48.7 Å². The molecule has 0 unspecified atom stereocenters. The zero-order valence-electron chi connectivity index (χ0n) is 17.9. The van der Waals surface area contributed by atoms with E-state index in [9.17, 15) is 0 Å². The molecule has 3 aromatic rings. The lowest BCUT2D eigenvalue weighted by Crippen LogP contribution is -2.17. The van der Waals surface area contributed by atoms with E-state index in [4.69, 9.17) is 9.97 Å². The fraction of sp³-hybridized carbons (Fsp3) is 0.333. The predicted octanol–water partition coefficient (Wildman–Crippen LogP) is 5.12. The Hall–Kier alpha value is -2.92. The Bertz CT molecular complexity index is 922. The number of nitrogens with one attached hydrogen (secondary N) is 2. The fourth-order valence-corrected chi connectivity index (χ4v) is 3.27. The second-order valence-corrected chi connectivity index (χ2v) is 7.50. The minimum atomic E-state index is 0.652. The molecule has 2 aromatic carbocycles. The van der Waals surface area contributed by atoms with Crippen molar-refractivity contribution in [1.82, 2.24) is 14.9 Å². The van der Waals surface area contributed by atoms with Crippen LogP contribution in [-0.4, -0.2) is 42.1 Å². The molecule has 2 N–H and O–H groups in total. The number of anilines is 3. The highest BCUT2D eigenvalue weighted by Gasteiger charge is 2.10. The number of hydrogen-bond acceptors (Lipinski definition) is 5. The quantitative estimate of drug-likeness (QED) is 0.497. The average molecular weight is 390 g/mol. The molecule has 0 saturated carbocycles. The molecular formula is C24H31N5. The molecule has 1 heterocycles. The second-order valence-electron chi connectivity index (χ2n) is 7.50. The number of rotatable bonds is 9. The maximum Gasteiger partial charge on any atom is 0.225 e. The third kappa shape index (κ3) is 5.78. The van der Waals surface area contributed by atoms with Crippen molar-refractivity contribution in [2.24, 2.45) is 0 Å². The van der Waals surface area contributed by atoms with Crippen molar-refractivity contribution in [2.75, 3.05) is 37.8 Å². The molecule has 29 heavy (non-hydrogen) atoms. The summed E-state index contributed by atoms with van der Waals surface area (Å²) in [6, 6.07) is 18.6. The maximum absolute atomic E-state index is 4.75. The SMILES string of the molecule is CCc1cccc(C)c1Nc1cc(-c2ccccc2)nc(NCCCN(C)C)n1. The van der Waals surface area contributed by atoms with Gasteiger partial charge in [-0.15, -0.1) is 0 Å². The Kier molecular flexibility index (Phi) is 7.19. The number of para-hydroxylation sites is 1. The molecule has 0 spiro atoms. The van der Waals surface area contributed by atoms with Gasteiger partial charge < -0.3 is 15.5 Å². The fourth-order valence-electron chi connectivity index (χ4n) is 3.27. The molecule has 5 nitrogen and oxygen atoms in total. The van der Waals surface area contributed by atoms with Gasteiger partial charge in [-0.3, -0.25) is 0 Å². The van der Waals surface area contributed by atoms with Crippen LogP contribution in [-0.2, 0) is 6.42 Å². The van der Waals surface area contributed by atoms with Gasteiger partial charge in [-0.2, -0.15) is 4.98 Å². The zero-order chi connectivity index (χ0) is 20.6. The summed E-state index contributed by atoms with van der Waals surface area (Å²) in [6.45, 7) is 6.16. The van der Waals surface area contributed by atoms with Gasteiger partial charge >= 0.3 is 0 Å². The van der Waals surface area contributed by atoms with Gasteiger partial charge in [0.1, 0.15) is 5.82 Å². The van der Waals surface area contributed by atoms with Crippen LogP contribution in [0.5, 0.6) is 0 Å². The lowest BCUT2D eigenvalue weighted by atomic mass is 10.1. The minimum absolute atomic E-state index is 0.652. The summed E-state index contributed by atoms with van der Waals surface area (Å²) < 4.78 is 0. The molecule has 0 atom stereocenters. The molecule has 0 radical (unpaired) electrons. The highest BCUT2D eigenvalue weighted by atomic mass is 15.1. The van der Waals surface area contributed by atoms with Gasteiger partial charge in [-0.25, -0.2) is 4.98 Å². The van der Waals surface area contributed by atoms with Crippen molar-refractivity contribution >= 4 is 17.5 Å². The van der Waals surface area contributed by atoms with Crippen molar-refractivity contribution in [3.63, 3.8) is 0 Å². The molecule has 0 amide bonds. The van der Waals surface area contributed by atoms with Crippen molar-refractivity contribution < 1.29 is 0 Å².